The second kappa shape index (κ2) is 12.7. The van der Waals surface area contributed by atoms with Crippen molar-refractivity contribution in [1.29, 1.82) is 0 Å². The number of anilines is 4. The Morgan fingerprint density at radius 3 is 2.64 bits per heavy atom. The minimum atomic E-state index is -0.342. The van der Waals surface area contributed by atoms with Crippen molar-refractivity contribution in [1.82, 2.24) is 25.1 Å². The maximum atomic E-state index is 14.7. The van der Waals surface area contributed by atoms with Gasteiger partial charge in [0, 0.05) is 54.1 Å². The standard InChI is InChI=1S/C33H36FN9O/c1-4-5-6-30(44)38-25-13-22(16-35-17-25)20-7-8-28-26(14-20)32(42-41-28)33-39-29-19-36-18-27(31(29)40-33)21-11-23(34)15-24(12-21)37-9-10-43(2)3/h7-8,11-19,33,37,39-40H,4-6,9-10H2,1-3H3,(H,38,44)(H,41,42). The zero-order valence-corrected chi connectivity index (χ0v) is 25.0. The topological polar surface area (TPSA) is 123 Å². The maximum Gasteiger partial charge on any atom is 0.224 e. The molecule has 4 heterocycles. The van der Waals surface area contributed by atoms with Gasteiger partial charge in [0.2, 0.25) is 5.91 Å². The highest BCUT2D eigenvalue weighted by atomic mass is 19.1. The summed E-state index contributed by atoms with van der Waals surface area (Å²) >= 11 is 0. The third-order valence-electron chi connectivity index (χ3n) is 7.61. The molecule has 3 aromatic heterocycles. The molecule has 0 aliphatic carbocycles. The van der Waals surface area contributed by atoms with E-state index in [0.717, 1.165) is 69.6 Å². The number of carbonyl (C=O) groups is 1. The number of fused-ring (bicyclic) bond motifs is 2. The van der Waals surface area contributed by atoms with Gasteiger partial charge in [0.15, 0.2) is 0 Å². The second-order valence-electron chi connectivity index (χ2n) is 11.3. The molecule has 44 heavy (non-hydrogen) atoms. The summed E-state index contributed by atoms with van der Waals surface area (Å²) in [7, 11) is 4.00. The zero-order valence-electron chi connectivity index (χ0n) is 25.0. The highest BCUT2D eigenvalue weighted by molar-refractivity contribution is 5.94. The Morgan fingerprint density at radius 2 is 1.80 bits per heavy atom. The van der Waals surface area contributed by atoms with Gasteiger partial charge in [0.25, 0.3) is 0 Å². The number of aromatic nitrogens is 4. The van der Waals surface area contributed by atoms with Crippen molar-refractivity contribution in [3.8, 4) is 22.3 Å². The van der Waals surface area contributed by atoms with Crippen molar-refractivity contribution in [2.75, 3.05) is 48.5 Å². The summed E-state index contributed by atoms with van der Waals surface area (Å²) in [6.45, 7) is 3.59. The van der Waals surface area contributed by atoms with E-state index in [1.807, 2.05) is 38.4 Å². The maximum absolute atomic E-state index is 14.7. The van der Waals surface area contributed by atoms with Gasteiger partial charge in [-0.2, -0.15) is 5.10 Å². The molecule has 5 N–H and O–H groups in total. The summed E-state index contributed by atoms with van der Waals surface area (Å²) in [4.78, 5) is 23.1. The van der Waals surface area contributed by atoms with Crippen LogP contribution in [0.1, 0.15) is 38.0 Å². The van der Waals surface area contributed by atoms with Crippen LogP contribution < -0.4 is 21.3 Å². The quantitative estimate of drug-likeness (QED) is 0.118. The number of likely N-dealkylation sites (N-methyl/N-ethyl adjacent to an activating group) is 1. The summed E-state index contributed by atoms with van der Waals surface area (Å²) in [5, 5.41) is 22.0. The van der Waals surface area contributed by atoms with E-state index >= 15 is 0 Å². The minimum absolute atomic E-state index is 0.0137. The number of halogens is 1. The van der Waals surface area contributed by atoms with Crippen molar-refractivity contribution in [3.05, 3.63) is 78.8 Å². The number of aromatic amines is 1. The van der Waals surface area contributed by atoms with Crippen LogP contribution in [0.5, 0.6) is 0 Å². The molecule has 10 nitrogen and oxygen atoms in total. The van der Waals surface area contributed by atoms with Gasteiger partial charge >= 0.3 is 0 Å². The second-order valence-corrected chi connectivity index (χ2v) is 11.3. The molecular weight excluding hydrogens is 557 g/mol. The zero-order chi connectivity index (χ0) is 30.6. The largest absolute Gasteiger partial charge is 0.384 e. The van der Waals surface area contributed by atoms with Gasteiger partial charge in [-0.25, -0.2) is 4.39 Å². The lowest BCUT2D eigenvalue weighted by atomic mass is 10.0. The SMILES string of the molecule is CCCCC(=O)Nc1cncc(-c2ccc3[nH]nc(C4Nc5cncc(-c6cc(F)cc(NCCN(C)C)c6)c5N4)c3c2)c1. The van der Waals surface area contributed by atoms with Crippen LogP contribution >= 0.6 is 0 Å². The molecular formula is C33H36FN9O. The van der Waals surface area contributed by atoms with Gasteiger partial charge in [0.05, 0.1) is 35.0 Å². The molecule has 11 heteroatoms. The summed E-state index contributed by atoms with van der Waals surface area (Å²) in [6.07, 6.45) is 8.90. The van der Waals surface area contributed by atoms with Crippen LogP contribution in [0.2, 0.25) is 0 Å². The van der Waals surface area contributed by atoms with Crippen LogP contribution in [-0.2, 0) is 4.79 Å². The number of pyridine rings is 2. The number of amides is 1. The molecule has 6 rings (SSSR count). The molecule has 1 atom stereocenters. The Balaban J connectivity index is 1.25. The van der Waals surface area contributed by atoms with E-state index in [4.69, 9.17) is 0 Å². The van der Waals surface area contributed by atoms with E-state index < -0.39 is 0 Å². The van der Waals surface area contributed by atoms with Crippen molar-refractivity contribution in [2.24, 2.45) is 0 Å². The van der Waals surface area contributed by atoms with Crippen molar-refractivity contribution >= 4 is 39.6 Å². The average Bonchev–Trinajstić information content (AvgIpc) is 3.63. The lowest BCUT2D eigenvalue weighted by Crippen LogP contribution is -2.20. The number of H-pyrrole nitrogens is 1. The summed E-state index contributed by atoms with van der Waals surface area (Å²) in [5.41, 5.74) is 8.03. The Hall–Kier alpha value is -5.03. The molecule has 1 aliphatic rings. The highest BCUT2D eigenvalue weighted by Gasteiger charge is 2.28. The number of hydrogen-bond acceptors (Lipinski definition) is 8. The molecule has 5 aromatic rings. The third-order valence-corrected chi connectivity index (χ3v) is 7.61. The fourth-order valence-corrected chi connectivity index (χ4v) is 5.35. The number of hydrogen-bond donors (Lipinski definition) is 5. The molecule has 0 bridgehead atoms. The van der Waals surface area contributed by atoms with Gasteiger partial charge in [-0.05, 0) is 68.0 Å². The van der Waals surface area contributed by atoms with Crippen molar-refractivity contribution < 1.29 is 9.18 Å². The molecule has 0 fully saturated rings. The van der Waals surface area contributed by atoms with Gasteiger partial charge in [-0.3, -0.25) is 19.9 Å². The van der Waals surface area contributed by atoms with Crippen LogP contribution in [0, 0.1) is 5.82 Å². The predicted molar refractivity (Wildman–Crippen MR) is 174 cm³/mol. The van der Waals surface area contributed by atoms with Crippen LogP contribution in [0.25, 0.3) is 33.2 Å². The number of unbranched alkanes of at least 4 members (excludes halogenated alkanes) is 1. The first-order chi connectivity index (χ1) is 21.4. The molecule has 2 aromatic carbocycles. The van der Waals surface area contributed by atoms with E-state index in [1.54, 1.807) is 24.8 Å². The van der Waals surface area contributed by atoms with Crippen LogP contribution in [0.15, 0.2) is 67.3 Å². The number of rotatable bonds is 11. The first-order valence-corrected chi connectivity index (χ1v) is 14.8. The number of benzene rings is 2. The fraction of sp³-hybridized carbons (Fsp3) is 0.273. The lowest BCUT2D eigenvalue weighted by Gasteiger charge is -2.14. The van der Waals surface area contributed by atoms with Crippen LogP contribution in [0.3, 0.4) is 0 Å². The first-order valence-electron chi connectivity index (χ1n) is 14.8. The Bertz CT molecular complexity index is 1800. The highest BCUT2D eigenvalue weighted by Crippen LogP contribution is 2.43. The molecule has 0 radical (unpaired) electrons. The minimum Gasteiger partial charge on any atom is -0.384 e. The van der Waals surface area contributed by atoms with Gasteiger partial charge < -0.3 is 26.2 Å². The van der Waals surface area contributed by atoms with E-state index in [1.165, 1.54) is 12.1 Å². The van der Waals surface area contributed by atoms with Crippen molar-refractivity contribution in [2.45, 2.75) is 32.4 Å². The average molecular weight is 594 g/mol. The van der Waals surface area contributed by atoms with Gasteiger partial charge in [-0.1, -0.05) is 19.4 Å². The number of nitrogens with zero attached hydrogens (tertiary/aromatic N) is 4. The van der Waals surface area contributed by atoms with E-state index in [-0.39, 0.29) is 17.9 Å². The fourth-order valence-electron chi connectivity index (χ4n) is 5.35. The van der Waals surface area contributed by atoms with Gasteiger partial charge in [-0.15, -0.1) is 0 Å². The summed E-state index contributed by atoms with van der Waals surface area (Å²) in [5.74, 6) is -0.333. The van der Waals surface area contributed by atoms with E-state index in [2.05, 4.69) is 59.3 Å². The molecule has 1 aliphatic heterocycles. The van der Waals surface area contributed by atoms with Gasteiger partial charge in [0.1, 0.15) is 17.7 Å². The van der Waals surface area contributed by atoms with E-state index in [9.17, 15) is 9.18 Å². The monoisotopic (exact) mass is 593 g/mol. The first kappa shape index (κ1) is 29.1. The third kappa shape index (κ3) is 6.32. The Morgan fingerprint density at radius 1 is 0.955 bits per heavy atom. The van der Waals surface area contributed by atoms with Crippen LogP contribution in [0.4, 0.5) is 27.1 Å². The molecule has 0 spiro atoms. The molecule has 0 saturated carbocycles. The molecule has 1 amide bonds. The van der Waals surface area contributed by atoms with Crippen molar-refractivity contribution in [3.63, 3.8) is 0 Å². The molecule has 1 unspecified atom stereocenters. The predicted octanol–water partition coefficient (Wildman–Crippen LogP) is 6.46. The lowest BCUT2D eigenvalue weighted by molar-refractivity contribution is -0.116. The Labute approximate surface area is 255 Å². The molecule has 0 saturated heterocycles. The number of carbonyl (C=O) groups excluding carboxylic acids is 1. The smallest absolute Gasteiger partial charge is 0.224 e. The Kier molecular flexibility index (Phi) is 8.38. The molecule has 226 valence electrons. The number of nitrogens with one attached hydrogen (secondary N) is 5. The van der Waals surface area contributed by atoms with Crippen LogP contribution in [-0.4, -0.2) is 58.2 Å². The summed E-state index contributed by atoms with van der Waals surface area (Å²) in [6, 6.07) is 13.0. The summed E-state index contributed by atoms with van der Waals surface area (Å²) < 4.78 is 14.7. The normalized spacial score (nSPS) is 13.9. The van der Waals surface area contributed by atoms with E-state index in [0.29, 0.717) is 24.3 Å².